The molecule has 1 aliphatic rings. The monoisotopic (exact) mass is 202 g/mol. The number of ether oxygens (including phenoxy) is 1. The number of carbonyl (C=O) groups excluding carboxylic acids is 1. The summed E-state index contributed by atoms with van der Waals surface area (Å²) in [6, 6.07) is 9.29. The Morgan fingerprint density at radius 2 is 2.13 bits per heavy atom. The highest BCUT2D eigenvalue weighted by molar-refractivity contribution is 5.90. The lowest BCUT2D eigenvalue weighted by atomic mass is 9.99. The number of nitrogens with two attached hydrogens (primary N) is 1. The second kappa shape index (κ2) is 3.07. The van der Waals surface area contributed by atoms with E-state index >= 15 is 0 Å². The van der Waals surface area contributed by atoms with Gasteiger partial charge in [0.25, 0.3) is 11.5 Å². The van der Waals surface area contributed by atoms with E-state index in [0.29, 0.717) is 0 Å². The molecule has 0 saturated carbocycles. The van der Waals surface area contributed by atoms with Crippen molar-refractivity contribution in [3.8, 4) is 6.07 Å². The number of aryl methyl sites for hydroxylation is 1. The number of hydrogen-bond acceptors (Lipinski definition) is 3. The molecule has 2 unspecified atom stereocenters. The van der Waals surface area contributed by atoms with E-state index in [-0.39, 0.29) is 0 Å². The summed E-state index contributed by atoms with van der Waals surface area (Å²) in [5.74, 6) is -0.726. The van der Waals surface area contributed by atoms with E-state index in [1.165, 1.54) is 0 Å². The van der Waals surface area contributed by atoms with Crippen molar-refractivity contribution in [3.63, 3.8) is 0 Å². The Morgan fingerprint density at radius 1 is 1.53 bits per heavy atom. The van der Waals surface area contributed by atoms with Crippen LogP contribution in [0.1, 0.15) is 17.2 Å². The maximum atomic E-state index is 11.0. The first-order chi connectivity index (χ1) is 7.10. The van der Waals surface area contributed by atoms with Crippen molar-refractivity contribution in [2.24, 2.45) is 5.73 Å². The van der Waals surface area contributed by atoms with Gasteiger partial charge in [0.1, 0.15) is 12.2 Å². The Labute approximate surface area is 87.3 Å². The van der Waals surface area contributed by atoms with Crippen molar-refractivity contribution in [1.82, 2.24) is 0 Å². The third-order valence-corrected chi connectivity index (χ3v) is 2.53. The van der Waals surface area contributed by atoms with Gasteiger partial charge in [-0.25, -0.2) is 0 Å². The minimum atomic E-state index is -1.45. The number of rotatable bonds is 2. The molecule has 1 fully saturated rings. The van der Waals surface area contributed by atoms with E-state index in [1.54, 1.807) is 0 Å². The first-order valence-corrected chi connectivity index (χ1v) is 4.55. The lowest BCUT2D eigenvalue weighted by Crippen LogP contribution is -2.31. The quantitative estimate of drug-likeness (QED) is 0.721. The van der Waals surface area contributed by atoms with E-state index in [1.807, 2.05) is 37.3 Å². The minimum Gasteiger partial charge on any atom is -0.366 e. The molecular formula is C11H10N2O2. The molecular weight excluding hydrogens is 192 g/mol. The van der Waals surface area contributed by atoms with Gasteiger partial charge in [0.2, 0.25) is 0 Å². The molecule has 4 nitrogen and oxygen atoms in total. The average Bonchev–Trinajstić information content (AvgIpc) is 2.95. The van der Waals surface area contributed by atoms with Crippen LogP contribution in [0.25, 0.3) is 0 Å². The molecule has 0 aromatic heterocycles. The Kier molecular flexibility index (Phi) is 1.98. The molecule has 0 spiro atoms. The largest absolute Gasteiger partial charge is 0.366 e. The van der Waals surface area contributed by atoms with Crippen LogP contribution in [-0.2, 0) is 9.53 Å². The third-order valence-electron chi connectivity index (χ3n) is 2.53. The number of amides is 1. The fourth-order valence-electron chi connectivity index (χ4n) is 1.52. The van der Waals surface area contributed by atoms with Crippen molar-refractivity contribution < 1.29 is 9.53 Å². The number of nitriles is 1. The van der Waals surface area contributed by atoms with Gasteiger partial charge < -0.3 is 10.5 Å². The maximum absolute atomic E-state index is 11.0. The zero-order chi connectivity index (χ0) is 11.1. The molecule has 1 heterocycles. The molecule has 1 aromatic carbocycles. The highest BCUT2D eigenvalue weighted by atomic mass is 16.6. The van der Waals surface area contributed by atoms with Gasteiger partial charge in [-0.05, 0) is 12.5 Å². The van der Waals surface area contributed by atoms with Gasteiger partial charge in [-0.15, -0.1) is 0 Å². The molecule has 2 N–H and O–H groups in total. The first kappa shape index (κ1) is 9.69. The number of nitrogens with zero attached hydrogens (tertiary/aromatic N) is 1. The molecule has 0 radical (unpaired) electrons. The van der Waals surface area contributed by atoms with Crippen LogP contribution < -0.4 is 5.73 Å². The summed E-state index contributed by atoms with van der Waals surface area (Å²) in [5.41, 5.74) is 5.58. The standard InChI is InChI=1S/C11H10N2O2/c1-7-2-4-8(5-3-7)9-11(6-12,15-9)10(13)14/h2-5,9H,1H3,(H2,13,14). The molecule has 0 bridgehead atoms. The molecule has 2 rings (SSSR count). The maximum Gasteiger partial charge on any atom is 0.267 e. The van der Waals surface area contributed by atoms with E-state index in [9.17, 15) is 4.79 Å². The van der Waals surface area contributed by atoms with Crippen LogP contribution in [0.3, 0.4) is 0 Å². The smallest absolute Gasteiger partial charge is 0.267 e. The molecule has 0 aliphatic carbocycles. The molecule has 1 amide bonds. The fourth-order valence-corrected chi connectivity index (χ4v) is 1.52. The summed E-state index contributed by atoms with van der Waals surface area (Å²) >= 11 is 0. The normalized spacial score (nSPS) is 28.1. The van der Waals surface area contributed by atoms with Gasteiger partial charge in [-0.1, -0.05) is 29.8 Å². The van der Waals surface area contributed by atoms with Crippen LogP contribution in [0, 0.1) is 18.3 Å². The summed E-state index contributed by atoms with van der Waals surface area (Å²) in [7, 11) is 0. The Hall–Kier alpha value is -1.86. The van der Waals surface area contributed by atoms with Gasteiger partial charge in [-0.3, -0.25) is 4.79 Å². The zero-order valence-corrected chi connectivity index (χ0v) is 8.23. The highest BCUT2D eigenvalue weighted by Crippen LogP contribution is 2.48. The van der Waals surface area contributed by atoms with Crippen LogP contribution in [0.2, 0.25) is 0 Å². The van der Waals surface area contributed by atoms with Crippen LogP contribution in [0.4, 0.5) is 0 Å². The summed E-state index contributed by atoms with van der Waals surface area (Å²) in [6.07, 6.45) is -0.513. The SMILES string of the molecule is Cc1ccc(C2OC2(C#N)C(N)=O)cc1. The molecule has 2 atom stereocenters. The number of hydrogen-bond donors (Lipinski definition) is 1. The predicted molar refractivity (Wildman–Crippen MR) is 52.5 cm³/mol. The van der Waals surface area contributed by atoms with Crippen molar-refractivity contribution in [2.45, 2.75) is 18.6 Å². The lowest BCUT2D eigenvalue weighted by Gasteiger charge is -1.98. The molecule has 15 heavy (non-hydrogen) atoms. The van der Waals surface area contributed by atoms with Gasteiger partial charge >= 0.3 is 0 Å². The van der Waals surface area contributed by atoms with E-state index in [4.69, 9.17) is 15.7 Å². The van der Waals surface area contributed by atoms with Crippen molar-refractivity contribution >= 4 is 5.91 Å². The summed E-state index contributed by atoms with van der Waals surface area (Å²) < 4.78 is 5.11. The molecule has 1 aliphatic heterocycles. The highest BCUT2D eigenvalue weighted by Gasteiger charge is 2.63. The van der Waals surface area contributed by atoms with Crippen molar-refractivity contribution in [1.29, 1.82) is 5.26 Å². The molecule has 4 heteroatoms. The zero-order valence-electron chi connectivity index (χ0n) is 8.23. The topological polar surface area (TPSA) is 79.4 Å². The predicted octanol–water partition coefficient (Wildman–Crippen LogP) is 0.814. The summed E-state index contributed by atoms with van der Waals surface area (Å²) in [4.78, 5) is 11.0. The minimum absolute atomic E-state index is 0.513. The fraction of sp³-hybridized carbons (Fsp3) is 0.273. The lowest BCUT2D eigenvalue weighted by molar-refractivity contribution is -0.121. The van der Waals surface area contributed by atoms with E-state index < -0.39 is 17.6 Å². The molecule has 1 aromatic rings. The van der Waals surface area contributed by atoms with Crippen LogP contribution in [0.15, 0.2) is 24.3 Å². The van der Waals surface area contributed by atoms with E-state index in [0.717, 1.165) is 11.1 Å². The van der Waals surface area contributed by atoms with Crippen LogP contribution >= 0.6 is 0 Å². The molecule has 1 saturated heterocycles. The second-order valence-corrected chi connectivity index (χ2v) is 3.62. The average molecular weight is 202 g/mol. The van der Waals surface area contributed by atoms with E-state index in [2.05, 4.69) is 0 Å². The van der Waals surface area contributed by atoms with Crippen molar-refractivity contribution in [3.05, 3.63) is 35.4 Å². The number of carbonyl (C=O) groups is 1. The first-order valence-electron chi connectivity index (χ1n) is 4.55. The van der Waals surface area contributed by atoms with Gasteiger partial charge in [0, 0.05) is 0 Å². The van der Waals surface area contributed by atoms with Gasteiger partial charge in [0.15, 0.2) is 0 Å². The van der Waals surface area contributed by atoms with Crippen molar-refractivity contribution in [2.75, 3.05) is 0 Å². The Bertz CT molecular complexity index is 447. The van der Waals surface area contributed by atoms with Gasteiger partial charge in [0.05, 0.1) is 0 Å². The van der Waals surface area contributed by atoms with Crippen LogP contribution in [-0.4, -0.2) is 11.5 Å². The van der Waals surface area contributed by atoms with Crippen LogP contribution in [0.5, 0.6) is 0 Å². The summed E-state index contributed by atoms with van der Waals surface area (Å²) in [5, 5.41) is 8.84. The third kappa shape index (κ3) is 1.37. The number of primary amides is 1. The molecule has 76 valence electrons. The van der Waals surface area contributed by atoms with Gasteiger partial charge in [-0.2, -0.15) is 5.26 Å². The number of epoxide rings is 1. The Balaban J connectivity index is 2.27. The number of benzene rings is 1. The second-order valence-electron chi connectivity index (χ2n) is 3.62. The summed E-state index contributed by atoms with van der Waals surface area (Å²) in [6.45, 7) is 1.96. The Morgan fingerprint density at radius 3 is 2.53 bits per heavy atom.